The van der Waals surface area contributed by atoms with Crippen LogP contribution in [0.3, 0.4) is 0 Å². The van der Waals surface area contributed by atoms with Crippen molar-refractivity contribution in [3.05, 3.63) is 33.8 Å². The van der Waals surface area contributed by atoms with Gasteiger partial charge in [-0.15, -0.1) is 0 Å². The van der Waals surface area contributed by atoms with Crippen molar-refractivity contribution in [2.75, 3.05) is 6.54 Å². The Balaban J connectivity index is 3.05. The first-order valence-electron chi connectivity index (χ1n) is 5.58. The van der Waals surface area contributed by atoms with Gasteiger partial charge in [0.25, 0.3) is 5.91 Å². The molecular weight excluding hydrogens is 289 g/mol. The SMILES string of the molecule is CC(C)N(CC(N)=NO)C(=O)c1cc(Cl)cc(Cl)c1. The molecule has 7 heteroatoms. The molecule has 0 saturated heterocycles. The Morgan fingerprint density at radius 3 is 2.32 bits per heavy atom. The van der Waals surface area contributed by atoms with E-state index in [1.54, 1.807) is 6.07 Å². The van der Waals surface area contributed by atoms with Crippen LogP contribution in [0.4, 0.5) is 0 Å². The summed E-state index contributed by atoms with van der Waals surface area (Å²) in [6.45, 7) is 3.68. The monoisotopic (exact) mass is 303 g/mol. The zero-order valence-corrected chi connectivity index (χ0v) is 12.1. The number of nitrogens with two attached hydrogens (primary N) is 1. The normalized spacial score (nSPS) is 11.7. The maximum atomic E-state index is 12.4. The Morgan fingerprint density at radius 2 is 1.89 bits per heavy atom. The zero-order valence-electron chi connectivity index (χ0n) is 10.6. The standard InChI is InChI=1S/C12H15Cl2N3O2/c1-7(2)17(6-11(15)16-19)12(18)8-3-9(13)5-10(14)4-8/h3-5,7,19H,6H2,1-2H3,(H2,15,16). The van der Waals surface area contributed by atoms with Crippen LogP contribution in [0.15, 0.2) is 23.4 Å². The Bertz CT molecular complexity index is 483. The van der Waals surface area contributed by atoms with Gasteiger partial charge in [0.1, 0.15) is 0 Å². The smallest absolute Gasteiger partial charge is 0.254 e. The minimum Gasteiger partial charge on any atom is -0.409 e. The number of benzene rings is 1. The van der Waals surface area contributed by atoms with E-state index < -0.39 is 0 Å². The molecule has 19 heavy (non-hydrogen) atoms. The van der Waals surface area contributed by atoms with Gasteiger partial charge in [0.15, 0.2) is 5.84 Å². The fraction of sp³-hybridized carbons (Fsp3) is 0.333. The lowest BCUT2D eigenvalue weighted by Crippen LogP contribution is -2.42. The summed E-state index contributed by atoms with van der Waals surface area (Å²) in [6.07, 6.45) is 0. The van der Waals surface area contributed by atoms with Crippen molar-refractivity contribution >= 4 is 34.9 Å². The summed E-state index contributed by atoms with van der Waals surface area (Å²) in [4.78, 5) is 13.8. The third-order valence-corrected chi connectivity index (χ3v) is 2.89. The maximum Gasteiger partial charge on any atom is 0.254 e. The number of amides is 1. The molecule has 104 valence electrons. The molecule has 0 fully saturated rings. The number of nitrogens with zero attached hydrogens (tertiary/aromatic N) is 2. The molecule has 0 unspecified atom stereocenters. The van der Waals surface area contributed by atoms with Gasteiger partial charge in [-0.1, -0.05) is 28.4 Å². The topological polar surface area (TPSA) is 78.9 Å². The lowest BCUT2D eigenvalue weighted by molar-refractivity contribution is 0.0734. The molecule has 0 aliphatic heterocycles. The summed E-state index contributed by atoms with van der Waals surface area (Å²) in [7, 11) is 0. The van der Waals surface area contributed by atoms with Gasteiger partial charge in [-0.3, -0.25) is 4.79 Å². The van der Waals surface area contributed by atoms with Crippen molar-refractivity contribution in [1.82, 2.24) is 4.90 Å². The lowest BCUT2D eigenvalue weighted by Gasteiger charge is -2.26. The minimum absolute atomic E-state index is 0.0249. The number of hydrogen-bond acceptors (Lipinski definition) is 3. The highest BCUT2D eigenvalue weighted by molar-refractivity contribution is 6.35. The van der Waals surface area contributed by atoms with Crippen molar-refractivity contribution < 1.29 is 10.0 Å². The largest absolute Gasteiger partial charge is 0.409 e. The van der Waals surface area contributed by atoms with Crippen LogP contribution < -0.4 is 5.73 Å². The Labute approximate surface area is 121 Å². The second-order valence-corrected chi connectivity index (χ2v) is 5.15. The van der Waals surface area contributed by atoms with E-state index in [1.807, 2.05) is 13.8 Å². The molecule has 5 nitrogen and oxygen atoms in total. The summed E-state index contributed by atoms with van der Waals surface area (Å²) < 4.78 is 0. The second kappa shape index (κ2) is 6.63. The Kier molecular flexibility index (Phi) is 5.44. The van der Waals surface area contributed by atoms with E-state index in [0.29, 0.717) is 15.6 Å². The van der Waals surface area contributed by atoms with Crippen molar-refractivity contribution in [2.45, 2.75) is 19.9 Å². The number of oxime groups is 1. The summed E-state index contributed by atoms with van der Waals surface area (Å²) in [5, 5.41) is 12.2. The molecule has 0 heterocycles. The molecule has 0 aliphatic rings. The summed E-state index contributed by atoms with van der Waals surface area (Å²) >= 11 is 11.7. The van der Waals surface area contributed by atoms with Gasteiger partial charge in [-0.2, -0.15) is 0 Å². The van der Waals surface area contributed by atoms with E-state index >= 15 is 0 Å². The van der Waals surface area contributed by atoms with Crippen molar-refractivity contribution in [3.63, 3.8) is 0 Å². The van der Waals surface area contributed by atoms with E-state index in [0.717, 1.165) is 0 Å². The van der Waals surface area contributed by atoms with Gasteiger partial charge in [0, 0.05) is 21.7 Å². The van der Waals surface area contributed by atoms with Crippen LogP contribution in [0.2, 0.25) is 10.0 Å². The maximum absolute atomic E-state index is 12.4. The van der Waals surface area contributed by atoms with Gasteiger partial charge < -0.3 is 15.8 Å². The number of carbonyl (C=O) groups is 1. The average Bonchev–Trinajstić information content (AvgIpc) is 2.33. The number of halogens is 2. The van der Waals surface area contributed by atoms with Crippen molar-refractivity contribution in [1.29, 1.82) is 0 Å². The Hall–Kier alpha value is -1.46. The van der Waals surface area contributed by atoms with Gasteiger partial charge in [0.2, 0.25) is 0 Å². The molecular formula is C12H15Cl2N3O2. The van der Waals surface area contributed by atoms with Gasteiger partial charge in [-0.05, 0) is 32.0 Å². The zero-order chi connectivity index (χ0) is 14.6. The number of amidine groups is 1. The van der Waals surface area contributed by atoms with Crippen molar-refractivity contribution in [3.8, 4) is 0 Å². The third kappa shape index (κ3) is 4.29. The van der Waals surface area contributed by atoms with Crippen LogP contribution in [0.25, 0.3) is 0 Å². The highest BCUT2D eigenvalue weighted by atomic mass is 35.5. The highest BCUT2D eigenvalue weighted by Crippen LogP contribution is 2.20. The fourth-order valence-corrected chi connectivity index (χ4v) is 2.06. The molecule has 0 aliphatic carbocycles. The van der Waals surface area contributed by atoms with Crippen LogP contribution in [-0.4, -0.2) is 34.4 Å². The van der Waals surface area contributed by atoms with E-state index in [4.69, 9.17) is 34.1 Å². The second-order valence-electron chi connectivity index (χ2n) is 4.28. The van der Waals surface area contributed by atoms with Crippen LogP contribution in [0.1, 0.15) is 24.2 Å². The van der Waals surface area contributed by atoms with Crippen LogP contribution in [0, 0.1) is 0 Å². The number of rotatable bonds is 4. The van der Waals surface area contributed by atoms with E-state index in [9.17, 15) is 4.79 Å². The highest BCUT2D eigenvalue weighted by Gasteiger charge is 2.20. The molecule has 0 aromatic heterocycles. The Morgan fingerprint density at radius 1 is 1.37 bits per heavy atom. The molecule has 3 N–H and O–H groups in total. The molecule has 0 atom stereocenters. The molecule has 0 radical (unpaired) electrons. The average molecular weight is 304 g/mol. The summed E-state index contributed by atoms with van der Waals surface area (Å²) in [5.41, 5.74) is 5.80. The molecule has 0 spiro atoms. The third-order valence-electron chi connectivity index (χ3n) is 2.45. The van der Waals surface area contributed by atoms with Crippen molar-refractivity contribution in [2.24, 2.45) is 10.9 Å². The first-order chi connectivity index (χ1) is 8.85. The molecule has 1 aromatic carbocycles. The summed E-state index contributed by atoms with van der Waals surface area (Å²) in [5.74, 6) is -0.332. The molecule has 0 saturated carbocycles. The lowest BCUT2D eigenvalue weighted by atomic mass is 10.1. The number of hydrogen-bond donors (Lipinski definition) is 2. The molecule has 1 amide bonds. The predicted octanol–water partition coefficient (Wildman–Crippen LogP) is 2.59. The predicted molar refractivity (Wildman–Crippen MR) is 76.0 cm³/mol. The quantitative estimate of drug-likeness (QED) is 0.388. The summed E-state index contributed by atoms with van der Waals surface area (Å²) in [6, 6.07) is 4.48. The number of carbonyl (C=O) groups excluding carboxylic acids is 1. The van der Waals surface area contributed by atoms with E-state index in [-0.39, 0.29) is 24.3 Å². The van der Waals surface area contributed by atoms with E-state index in [2.05, 4.69) is 5.16 Å². The van der Waals surface area contributed by atoms with Crippen LogP contribution >= 0.6 is 23.2 Å². The molecule has 1 aromatic rings. The van der Waals surface area contributed by atoms with Gasteiger partial charge in [0.05, 0.1) is 6.54 Å². The van der Waals surface area contributed by atoms with Crippen LogP contribution in [0.5, 0.6) is 0 Å². The molecule has 1 rings (SSSR count). The van der Waals surface area contributed by atoms with Gasteiger partial charge in [-0.25, -0.2) is 0 Å². The molecule has 0 bridgehead atoms. The van der Waals surface area contributed by atoms with Gasteiger partial charge >= 0.3 is 0 Å². The minimum atomic E-state index is -0.286. The fourth-order valence-electron chi connectivity index (χ4n) is 1.54. The first kappa shape index (κ1) is 15.6. The first-order valence-corrected chi connectivity index (χ1v) is 6.34. The van der Waals surface area contributed by atoms with Crippen LogP contribution in [-0.2, 0) is 0 Å². The van der Waals surface area contributed by atoms with E-state index in [1.165, 1.54) is 17.0 Å².